The van der Waals surface area contributed by atoms with Gasteiger partial charge in [0.05, 0.1) is 18.5 Å². The number of benzene rings is 1. The first-order valence-electron chi connectivity index (χ1n) is 7.32. The Morgan fingerprint density at radius 1 is 1.14 bits per heavy atom. The number of nitrogens with zero attached hydrogens (tertiary/aromatic N) is 1. The molecule has 0 saturated heterocycles. The van der Waals surface area contributed by atoms with E-state index in [1.807, 2.05) is 30.3 Å². The average Bonchev–Trinajstić information content (AvgIpc) is 2.56. The number of methoxy groups -OCH3 is 1. The third kappa shape index (κ3) is 4.56. The first-order valence-corrected chi connectivity index (χ1v) is 7.32. The Morgan fingerprint density at radius 2 is 1.86 bits per heavy atom. The van der Waals surface area contributed by atoms with Crippen molar-refractivity contribution < 1.29 is 9.53 Å². The Kier molecular flexibility index (Phi) is 5.91. The average molecular weight is 299 g/mol. The molecule has 2 aromatic rings. The van der Waals surface area contributed by atoms with Crippen molar-refractivity contribution >= 4 is 17.3 Å². The summed E-state index contributed by atoms with van der Waals surface area (Å²) >= 11 is 0. The van der Waals surface area contributed by atoms with E-state index < -0.39 is 0 Å². The van der Waals surface area contributed by atoms with Gasteiger partial charge in [-0.2, -0.15) is 0 Å². The molecule has 2 rings (SSSR count). The van der Waals surface area contributed by atoms with E-state index in [-0.39, 0.29) is 5.91 Å². The number of nitrogens with one attached hydrogen (secondary N) is 2. The van der Waals surface area contributed by atoms with Crippen molar-refractivity contribution in [1.82, 2.24) is 4.98 Å². The largest absolute Gasteiger partial charge is 0.383 e. The Labute approximate surface area is 130 Å². The number of aromatic nitrogens is 1. The number of hydrogen-bond acceptors (Lipinski definition) is 4. The molecule has 0 saturated carbocycles. The smallest absolute Gasteiger partial charge is 0.274 e. The summed E-state index contributed by atoms with van der Waals surface area (Å²) in [5, 5.41) is 5.99. The molecule has 1 amide bonds. The third-order valence-corrected chi connectivity index (χ3v) is 3.25. The van der Waals surface area contributed by atoms with Crippen molar-refractivity contribution in [2.75, 3.05) is 30.9 Å². The summed E-state index contributed by atoms with van der Waals surface area (Å²) in [7, 11) is 1.65. The van der Waals surface area contributed by atoms with Crippen LogP contribution in [-0.4, -0.2) is 31.2 Å². The number of ether oxygens (including phenoxy) is 1. The molecule has 0 atom stereocenters. The standard InChI is InChI=1S/C17H21N3O2/c1-3-13-4-6-14(7-5-13)20-17(21)16-9-8-15(12-19-16)18-10-11-22-2/h4-9,12,18H,3,10-11H2,1-2H3,(H,20,21). The summed E-state index contributed by atoms with van der Waals surface area (Å²) in [4.78, 5) is 16.3. The van der Waals surface area contributed by atoms with E-state index in [0.29, 0.717) is 18.8 Å². The maximum Gasteiger partial charge on any atom is 0.274 e. The molecule has 5 heteroatoms. The highest BCUT2D eigenvalue weighted by atomic mass is 16.5. The summed E-state index contributed by atoms with van der Waals surface area (Å²) < 4.78 is 4.96. The van der Waals surface area contributed by atoms with Crippen LogP contribution in [0.4, 0.5) is 11.4 Å². The van der Waals surface area contributed by atoms with Crippen LogP contribution in [0.25, 0.3) is 0 Å². The molecule has 22 heavy (non-hydrogen) atoms. The van der Waals surface area contributed by atoms with Crippen LogP contribution < -0.4 is 10.6 Å². The molecule has 2 N–H and O–H groups in total. The SMILES string of the molecule is CCc1ccc(NC(=O)c2ccc(NCCOC)cn2)cc1. The number of carbonyl (C=O) groups is 1. The van der Waals surface area contributed by atoms with Gasteiger partial charge < -0.3 is 15.4 Å². The van der Waals surface area contributed by atoms with Crippen molar-refractivity contribution in [3.63, 3.8) is 0 Å². The Balaban J connectivity index is 1.94. The van der Waals surface area contributed by atoms with Gasteiger partial charge in [0, 0.05) is 19.3 Å². The number of anilines is 2. The minimum atomic E-state index is -0.215. The number of rotatable bonds is 7. The lowest BCUT2D eigenvalue weighted by molar-refractivity contribution is 0.102. The molecule has 1 aromatic carbocycles. The number of hydrogen-bond donors (Lipinski definition) is 2. The molecule has 5 nitrogen and oxygen atoms in total. The van der Waals surface area contributed by atoms with E-state index >= 15 is 0 Å². The van der Waals surface area contributed by atoms with E-state index in [1.54, 1.807) is 19.4 Å². The van der Waals surface area contributed by atoms with Gasteiger partial charge in [-0.25, -0.2) is 4.98 Å². The minimum absolute atomic E-state index is 0.215. The minimum Gasteiger partial charge on any atom is -0.383 e. The van der Waals surface area contributed by atoms with Gasteiger partial charge >= 0.3 is 0 Å². The number of carbonyl (C=O) groups excluding carboxylic acids is 1. The first kappa shape index (κ1) is 16.0. The van der Waals surface area contributed by atoms with Gasteiger partial charge in [0.1, 0.15) is 5.69 Å². The number of aryl methyl sites for hydroxylation is 1. The van der Waals surface area contributed by atoms with E-state index in [0.717, 1.165) is 17.8 Å². The van der Waals surface area contributed by atoms with Crippen LogP contribution in [0, 0.1) is 0 Å². The predicted molar refractivity (Wildman–Crippen MR) is 88.4 cm³/mol. The fraction of sp³-hybridized carbons (Fsp3) is 0.294. The molecule has 1 heterocycles. The van der Waals surface area contributed by atoms with E-state index in [2.05, 4.69) is 22.5 Å². The maximum absolute atomic E-state index is 12.1. The predicted octanol–water partition coefficient (Wildman–Crippen LogP) is 2.95. The van der Waals surface area contributed by atoms with Gasteiger partial charge in [-0.3, -0.25) is 4.79 Å². The second kappa shape index (κ2) is 8.14. The molecule has 116 valence electrons. The molecular formula is C17H21N3O2. The molecule has 0 aliphatic carbocycles. The van der Waals surface area contributed by atoms with Gasteiger partial charge in [-0.15, -0.1) is 0 Å². The highest BCUT2D eigenvalue weighted by Gasteiger charge is 2.07. The lowest BCUT2D eigenvalue weighted by Crippen LogP contribution is -2.14. The van der Waals surface area contributed by atoms with Crippen molar-refractivity contribution in [3.05, 3.63) is 53.9 Å². The fourth-order valence-corrected chi connectivity index (χ4v) is 1.95. The van der Waals surface area contributed by atoms with Crippen LogP contribution in [0.15, 0.2) is 42.6 Å². The van der Waals surface area contributed by atoms with Crippen LogP contribution in [0.3, 0.4) is 0 Å². The monoisotopic (exact) mass is 299 g/mol. The summed E-state index contributed by atoms with van der Waals surface area (Å²) in [6.07, 6.45) is 2.62. The Hall–Kier alpha value is -2.40. The van der Waals surface area contributed by atoms with Crippen LogP contribution in [0.2, 0.25) is 0 Å². The van der Waals surface area contributed by atoms with Gasteiger partial charge in [0.25, 0.3) is 5.91 Å². The van der Waals surface area contributed by atoms with Crippen LogP contribution in [0.5, 0.6) is 0 Å². The summed E-state index contributed by atoms with van der Waals surface area (Å²) in [6, 6.07) is 11.3. The van der Waals surface area contributed by atoms with E-state index in [9.17, 15) is 4.79 Å². The number of pyridine rings is 1. The quantitative estimate of drug-likeness (QED) is 0.772. The highest BCUT2D eigenvalue weighted by Crippen LogP contribution is 2.12. The van der Waals surface area contributed by atoms with Crippen LogP contribution in [-0.2, 0) is 11.2 Å². The maximum atomic E-state index is 12.1. The van der Waals surface area contributed by atoms with E-state index in [1.165, 1.54) is 5.56 Å². The zero-order chi connectivity index (χ0) is 15.8. The Bertz CT molecular complexity index is 594. The van der Waals surface area contributed by atoms with Crippen LogP contribution >= 0.6 is 0 Å². The fourth-order valence-electron chi connectivity index (χ4n) is 1.95. The lowest BCUT2D eigenvalue weighted by atomic mass is 10.1. The highest BCUT2D eigenvalue weighted by molar-refractivity contribution is 6.02. The van der Waals surface area contributed by atoms with Gasteiger partial charge in [-0.1, -0.05) is 19.1 Å². The number of amides is 1. The molecule has 1 aromatic heterocycles. The van der Waals surface area contributed by atoms with Crippen molar-refractivity contribution in [1.29, 1.82) is 0 Å². The van der Waals surface area contributed by atoms with E-state index in [4.69, 9.17) is 4.74 Å². The second-order valence-corrected chi connectivity index (χ2v) is 4.86. The molecule has 0 unspecified atom stereocenters. The van der Waals surface area contributed by atoms with Gasteiger partial charge in [-0.05, 0) is 36.2 Å². The third-order valence-electron chi connectivity index (χ3n) is 3.25. The van der Waals surface area contributed by atoms with Crippen molar-refractivity contribution in [2.45, 2.75) is 13.3 Å². The summed E-state index contributed by atoms with van der Waals surface area (Å²) in [5.74, 6) is -0.215. The zero-order valence-electron chi connectivity index (χ0n) is 12.9. The molecule has 0 aliphatic rings. The van der Waals surface area contributed by atoms with Gasteiger partial charge in [0.2, 0.25) is 0 Å². The molecule has 0 spiro atoms. The second-order valence-electron chi connectivity index (χ2n) is 4.86. The molecule has 0 radical (unpaired) electrons. The van der Waals surface area contributed by atoms with Crippen molar-refractivity contribution in [3.8, 4) is 0 Å². The molecular weight excluding hydrogens is 278 g/mol. The summed E-state index contributed by atoms with van der Waals surface area (Å²) in [6.45, 7) is 3.42. The molecule has 0 aliphatic heterocycles. The lowest BCUT2D eigenvalue weighted by Gasteiger charge is -2.07. The normalized spacial score (nSPS) is 10.3. The molecule has 0 fully saturated rings. The zero-order valence-corrected chi connectivity index (χ0v) is 12.9. The topological polar surface area (TPSA) is 63.2 Å². The Morgan fingerprint density at radius 3 is 2.45 bits per heavy atom. The van der Waals surface area contributed by atoms with Gasteiger partial charge in [0.15, 0.2) is 0 Å². The van der Waals surface area contributed by atoms with Crippen LogP contribution in [0.1, 0.15) is 23.0 Å². The summed E-state index contributed by atoms with van der Waals surface area (Å²) in [5.41, 5.74) is 3.26. The van der Waals surface area contributed by atoms with Crippen molar-refractivity contribution in [2.24, 2.45) is 0 Å². The first-order chi connectivity index (χ1) is 10.7. The molecule has 0 bridgehead atoms.